The number of fused-ring (bicyclic) bond motifs is 1. The van der Waals surface area contributed by atoms with E-state index < -0.39 is 17.4 Å². The molecule has 1 unspecified atom stereocenters. The highest BCUT2D eigenvalue weighted by Crippen LogP contribution is 2.32. The molecule has 9 nitrogen and oxygen atoms in total. The Hall–Kier alpha value is -3.36. The average Bonchev–Trinajstić information content (AvgIpc) is 3.10. The Bertz CT molecular complexity index is 1070. The van der Waals surface area contributed by atoms with Gasteiger partial charge in [0.25, 0.3) is 5.91 Å². The number of carbonyl (C=O) groups excluding carboxylic acids is 3. The fraction of sp³-hybridized carbons (Fsp3) is 0.538. The van der Waals surface area contributed by atoms with E-state index in [1.807, 2.05) is 31.2 Å². The summed E-state index contributed by atoms with van der Waals surface area (Å²) in [6, 6.07) is 7.56. The van der Waals surface area contributed by atoms with Gasteiger partial charge in [0.15, 0.2) is 5.69 Å². The zero-order valence-electron chi connectivity index (χ0n) is 20.7. The number of hydrogen-bond donors (Lipinski definition) is 1. The number of hydrogen-bond acceptors (Lipinski definition) is 6. The summed E-state index contributed by atoms with van der Waals surface area (Å²) in [5.74, 6) is -0.565. The van der Waals surface area contributed by atoms with Gasteiger partial charge in [-0.2, -0.15) is 0 Å². The maximum absolute atomic E-state index is 13.8. The maximum Gasteiger partial charge on any atom is 0.359 e. The number of rotatable bonds is 7. The zero-order chi connectivity index (χ0) is 25.0. The highest BCUT2D eigenvalue weighted by atomic mass is 16.5. The number of methoxy groups -OCH3 is 1. The Morgan fingerprint density at radius 1 is 1.14 bits per heavy atom. The first-order valence-corrected chi connectivity index (χ1v) is 12.4. The molecule has 35 heavy (non-hydrogen) atoms. The van der Waals surface area contributed by atoms with Gasteiger partial charge in [-0.15, -0.1) is 0 Å². The number of carbonyl (C=O) groups is 3. The number of benzene rings is 1. The summed E-state index contributed by atoms with van der Waals surface area (Å²) in [6.45, 7) is 4.65. The van der Waals surface area contributed by atoms with Gasteiger partial charge in [0.05, 0.1) is 26.6 Å². The molecule has 1 aliphatic heterocycles. The number of nitrogens with one attached hydrogen (secondary N) is 1. The molecule has 0 bridgehead atoms. The van der Waals surface area contributed by atoms with Crippen LogP contribution in [0.3, 0.4) is 0 Å². The van der Waals surface area contributed by atoms with Crippen molar-refractivity contribution < 1.29 is 23.9 Å². The Morgan fingerprint density at radius 2 is 1.83 bits per heavy atom. The zero-order valence-corrected chi connectivity index (χ0v) is 20.7. The molecule has 9 heteroatoms. The second kappa shape index (κ2) is 10.5. The van der Waals surface area contributed by atoms with Crippen LogP contribution in [0.2, 0.25) is 0 Å². The average molecular weight is 483 g/mol. The van der Waals surface area contributed by atoms with Crippen molar-refractivity contribution in [1.29, 1.82) is 0 Å². The number of ether oxygens (including phenoxy) is 2. The lowest BCUT2D eigenvalue weighted by molar-refractivity contribution is -0.134. The van der Waals surface area contributed by atoms with Crippen LogP contribution in [0.5, 0.6) is 5.75 Å². The molecule has 1 fully saturated rings. The SMILES string of the molecule is CCOc1ccc(CN2C(=O)c3c(C(=O)OC)ncn3CC2(C)C(=O)NC2CCCCCC2)cc1. The Labute approximate surface area is 205 Å². The number of esters is 1. The van der Waals surface area contributed by atoms with E-state index in [0.29, 0.717) is 6.61 Å². The summed E-state index contributed by atoms with van der Waals surface area (Å²) in [6.07, 6.45) is 7.86. The van der Waals surface area contributed by atoms with E-state index in [-0.39, 0.29) is 36.4 Å². The molecule has 0 radical (unpaired) electrons. The molecule has 1 aromatic carbocycles. The summed E-state index contributed by atoms with van der Waals surface area (Å²) >= 11 is 0. The monoisotopic (exact) mass is 482 g/mol. The predicted molar refractivity (Wildman–Crippen MR) is 129 cm³/mol. The van der Waals surface area contributed by atoms with E-state index in [1.54, 1.807) is 16.4 Å². The van der Waals surface area contributed by atoms with Gasteiger partial charge < -0.3 is 24.3 Å². The highest BCUT2D eigenvalue weighted by molar-refractivity contribution is 6.06. The van der Waals surface area contributed by atoms with Crippen LogP contribution in [0.4, 0.5) is 0 Å². The van der Waals surface area contributed by atoms with E-state index in [9.17, 15) is 14.4 Å². The Morgan fingerprint density at radius 3 is 2.46 bits per heavy atom. The minimum Gasteiger partial charge on any atom is -0.494 e. The third kappa shape index (κ3) is 5.04. The quantitative estimate of drug-likeness (QED) is 0.480. The summed E-state index contributed by atoms with van der Waals surface area (Å²) < 4.78 is 12.0. The van der Waals surface area contributed by atoms with Crippen molar-refractivity contribution in [2.24, 2.45) is 0 Å². The molecule has 2 aliphatic rings. The number of nitrogens with zero attached hydrogens (tertiary/aromatic N) is 3. The third-order valence-corrected chi connectivity index (χ3v) is 6.99. The lowest BCUT2D eigenvalue weighted by Gasteiger charge is -2.44. The van der Waals surface area contributed by atoms with Gasteiger partial charge in [-0.05, 0) is 44.4 Å². The first kappa shape index (κ1) is 24.8. The number of amides is 2. The van der Waals surface area contributed by atoms with Gasteiger partial charge in [-0.3, -0.25) is 9.59 Å². The molecule has 2 amide bonds. The van der Waals surface area contributed by atoms with E-state index in [1.165, 1.54) is 26.3 Å². The minimum absolute atomic E-state index is 0.0413. The molecule has 1 aromatic heterocycles. The molecule has 2 aromatic rings. The molecular weight excluding hydrogens is 448 g/mol. The lowest BCUT2D eigenvalue weighted by atomic mass is 9.92. The predicted octanol–water partition coefficient (Wildman–Crippen LogP) is 3.32. The first-order chi connectivity index (χ1) is 16.9. The van der Waals surface area contributed by atoms with Crippen LogP contribution in [0.1, 0.15) is 78.9 Å². The molecule has 188 valence electrons. The normalized spacial score (nSPS) is 20.7. The fourth-order valence-corrected chi connectivity index (χ4v) is 4.99. The van der Waals surface area contributed by atoms with Crippen molar-refractivity contribution in [3.05, 3.63) is 47.5 Å². The standard InChI is InChI=1S/C26H34N4O5/c1-4-35-20-13-11-18(12-14-20)15-30-23(31)22-21(24(32)34-3)27-17-29(22)16-26(30,2)25(33)28-19-9-7-5-6-8-10-19/h11-14,17,19H,4-10,15-16H2,1-3H3,(H,28,33). The van der Waals surface area contributed by atoms with E-state index in [4.69, 9.17) is 9.47 Å². The third-order valence-electron chi connectivity index (χ3n) is 6.99. The topological polar surface area (TPSA) is 103 Å². The molecule has 0 saturated heterocycles. The number of aromatic nitrogens is 2. The van der Waals surface area contributed by atoms with Crippen LogP contribution < -0.4 is 10.1 Å². The van der Waals surface area contributed by atoms with Gasteiger partial charge in [-0.25, -0.2) is 9.78 Å². The number of imidazole rings is 1. The van der Waals surface area contributed by atoms with Crippen molar-refractivity contribution in [1.82, 2.24) is 19.8 Å². The van der Waals surface area contributed by atoms with Crippen molar-refractivity contribution >= 4 is 17.8 Å². The Kier molecular flexibility index (Phi) is 7.42. The molecule has 1 saturated carbocycles. The smallest absolute Gasteiger partial charge is 0.359 e. The Balaban J connectivity index is 1.67. The summed E-state index contributed by atoms with van der Waals surface area (Å²) in [7, 11) is 1.25. The van der Waals surface area contributed by atoms with Gasteiger partial charge in [0.2, 0.25) is 5.91 Å². The summed E-state index contributed by atoms with van der Waals surface area (Å²) in [5.41, 5.74) is -0.214. The van der Waals surface area contributed by atoms with Crippen LogP contribution >= 0.6 is 0 Å². The summed E-state index contributed by atoms with van der Waals surface area (Å²) in [4.78, 5) is 45.5. The largest absolute Gasteiger partial charge is 0.494 e. The summed E-state index contributed by atoms with van der Waals surface area (Å²) in [5, 5.41) is 3.22. The van der Waals surface area contributed by atoms with Crippen LogP contribution in [0.25, 0.3) is 0 Å². The van der Waals surface area contributed by atoms with E-state index >= 15 is 0 Å². The molecule has 1 aliphatic carbocycles. The van der Waals surface area contributed by atoms with Crippen molar-refractivity contribution in [3.8, 4) is 5.75 Å². The maximum atomic E-state index is 13.8. The van der Waals surface area contributed by atoms with Crippen LogP contribution in [-0.2, 0) is 22.6 Å². The van der Waals surface area contributed by atoms with Gasteiger partial charge in [-0.1, -0.05) is 37.8 Å². The second-order valence-corrected chi connectivity index (χ2v) is 9.47. The van der Waals surface area contributed by atoms with Gasteiger partial charge in [0.1, 0.15) is 17.0 Å². The van der Waals surface area contributed by atoms with Gasteiger partial charge >= 0.3 is 5.97 Å². The molecule has 4 rings (SSSR count). The van der Waals surface area contributed by atoms with Crippen molar-refractivity contribution in [3.63, 3.8) is 0 Å². The first-order valence-electron chi connectivity index (χ1n) is 12.4. The minimum atomic E-state index is -1.16. The van der Waals surface area contributed by atoms with Crippen LogP contribution in [-0.4, -0.2) is 57.5 Å². The molecule has 2 heterocycles. The highest BCUT2D eigenvalue weighted by Gasteiger charge is 2.49. The molecule has 1 N–H and O–H groups in total. The molecule has 1 atom stereocenters. The lowest BCUT2D eigenvalue weighted by Crippen LogP contribution is -2.64. The fourth-order valence-electron chi connectivity index (χ4n) is 4.99. The van der Waals surface area contributed by atoms with E-state index in [2.05, 4.69) is 10.3 Å². The molecular formula is C26H34N4O5. The van der Waals surface area contributed by atoms with E-state index in [0.717, 1.165) is 37.0 Å². The van der Waals surface area contributed by atoms with Gasteiger partial charge in [0, 0.05) is 12.6 Å². The van der Waals surface area contributed by atoms with Crippen molar-refractivity contribution in [2.75, 3.05) is 13.7 Å². The van der Waals surface area contributed by atoms with Crippen LogP contribution in [0.15, 0.2) is 30.6 Å². The second-order valence-electron chi connectivity index (χ2n) is 9.47. The van der Waals surface area contributed by atoms with Crippen molar-refractivity contribution in [2.45, 2.75) is 77.0 Å². The molecule has 0 spiro atoms. The van der Waals surface area contributed by atoms with Crippen LogP contribution in [0, 0.1) is 0 Å².